The third kappa shape index (κ3) is 4.90. The zero-order valence-electron chi connectivity index (χ0n) is 16.6. The van der Waals surface area contributed by atoms with Crippen molar-refractivity contribution in [2.75, 3.05) is 0 Å². The predicted molar refractivity (Wildman–Crippen MR) is 124 cm³/mol. The molecular formula is C24H25NO2S2. The normalized spacial score (nSPS) is 19.2. The lowest BCUT2D eigenvalue weighted by molar-refractivity contribution is -0.124. The molecule has 2 aromatic rings. The maximum Gasteiger partial charge on any atom is 0.266 e. The lowest BCUT2D eigenvalue weighted by Crippen LogP contribution is -2.39. The van der Waals surface area contributed by atoms with Crippen LogP contribution in [-0.4, -0.2) is 21.2 Å². The second kappa shape index (κ2) is 9.14. The first-order chi connectivity index (χ1) is 14.1. The molecule has 0 aromatic heterocycles. The molecule has 5 heteroatoms. The molecule has 2 aromatic carbocycles. The van der Waals surface area contributed by atoms with Crippen LogP contribution in [0.2, 0.25) is 0 Å². The van der Waals surface area contributed by atoms with E-state index >= 15 is 0 Å². The molecule has 0 bridgehead atoms. The van der Waals surface area contributed by atoms with Crippen LogP contribution in [0.5, 0.6) is 5.75 Å². The van der Waals surface area contributed by atoms with E-state index in [2.05, 4.69) is 31.2 Å². The summed E-state index contributed by atoms with van der Waals surface area (Å²) >= 11 is 6.94. The molecule has 0 radical (unpaired) electrons. The van der Waals surface area contributed by atoms with Crippen LogP contribution < -0.4 is 4.74 Å². The summed E-state index contributed by atoms with van der Waals surface area (Å²) in [6.07, 6.45) is 7.67. The molecule has 1 saturated carbocycles. The highest BCUT2D eigenvalue weighted by Crippen LogP contribution is 2.37. The first-order valence-corrected chi connectivity index (χ1v) is 11.4. The predicted octanol–water partition coefficient (Wildman–Crippen LogP) is 6.11. The molecule has 1 aliphatic heterocycles. The Kier molecular flexibility index (Phi) is 6.36. The summed E-state index contributed by atoms with van der Waals surface area (Å²) in [5.41, 5.74) is 3.33. The summed E-state index contributed by atoms with van der Waals surface area (Å²) in [5, 5.41) is 0. The molecule has 150 valence electrons. The van der Waals surface area contributed by atoms with E-state index in [1.54, 1.807) is 0 Å². The third-order valence-electron chi connectivity index (χ3n) is 5.45. The fraction of sp³-hybridized carbons (Fsp3) is 0.333. The molecule has 3 nitrogen and oxygen atoms in total. The van der Waals surface area contributed by atoms with Gasteiger partial charge in [-0.3, -0.25) is 9.69 Å². The monoisotopic (exact) mass is 423 g/mol. The number of thioether (sulfide) groups is 1. The van der Waals surface area contributed by atoms with Crippen LogP contribution in [-0.2, 0) is 11.4 Å². The second-order valence-corrected chi connectivity index (χ2v) is 9.37. The number of nitrogens with zero attached hydrogens (tertiary/aromatic N) is 1. The number of rotatable bonds is 5. The van der Waals surface area contributed by atoms with E-state index in [0.717, 1.165) is 29.7 Å². The van der Waals surface area contributed by atoms with Gasteiger partial charge in [0.25, 0.3) is 5.91 Å². The summed E-state index contributed by atoms with van der Waals surface area (Å²) in [7, 11) is 0. The Hall–Kier alpha value is -2.11. The molecule has 0 atom stereocenters. The van der Waals surface area contributed by atoms with Crippen molar-refractivity contribution in [3.8, 4) is 5.75 Å². The van der Waals surface area contributed by atoms with Gasteiger partial charge in [-0.25, -0.2) is 0 Å². The lowest BCUT2D eigenvalue weighted by Gasteiger charge is -2.29. The van der Waals surface area contributed by atoms with Gasteiger partial charge < -0.3 is 4.74 Å². The lowest BCUT2D eigenvalue weighted by atomic mass is 9.94. The van der Waals surface area contributed by atoms with Crippen molar-refractivity contribution < 1.29 is 9.53 Å². The van der Waals surface area contributed by atoms with Crippen LogP contribution in [0.15, 0.2) is 53.4 Å². The van der Waals surface area contributed by atoms with Gasteiger partial charge in [-0.05, 0) is 49.1 Å². The van der Waals surface area contributed by atoms with Gasteiger partial charge in [0.2, 0.25) is 0 Å². The molecule has 0 spiro atoms. The fourth-order valence-electron chi connectivity index (χ4n) is 3.83. The van der Waals surface area contributed by atoms with Crippen molar-refractivity contribution in [1.29, 1.82) is 0 Å². The number of carbonyl (C=O) groups excluding carboxylic acids is 1. The number of ether oxygens (including phenoxy) is 1. The topological polar surface area (TPSA) is 29.5 Å². The number of hydrogen-bond acceptors (Lipinski definition) is 4. The molecular weight excluding hydrogens is 398 g/mol. The van der Waals surface area contributed by atoms with Crippen molar-refractivity contribution in [1.82, 2.24) is 4.90 Å². The summed E-state index contributed by atoms with van der Waals surface area (Å²) in [4.78, 5) is 15.5. The standard InChI is InChI=1S/C24H25NO2S2/c1-17-10-12-18(13-11-17)16-27-21-9-5-6-19(14-21)15-22-23(26)25(24(28)29-22)20-7-3-2-4-8-20/h5-6,9-15,20H,2-4,7-8,16H2,1H3/b22-15-. The van der Waals surface area contributed by atoms with Crippen molar-refractivity contribution in [2.45, 2.75) is 51.7 Å². The zero-order valence-corrected chi connectivity index (χ0v) is 18.2. The minimum atomic E-state index is 0.0536. The Bertz CT molecular complexity index is 930. The number of benzene rings is 2. The Labute approximate surface area is 182 Å². The van der Waals surface area contributed by atoms with Gasteiger partial charge >= 0.3 is 0 Å². The van der Waals surface area contributed by atoms with E-state index in [1.165, 1.54) is 36.6 Å². The highest BCUT2D eigenvalue weighted by molar-refractivity contribution is 8.26. The van der Waals surface area contributed by atoms with Gasteiger partial charge in [0, 0.05) is 6.04 Å². The van der Waals surface area contributed by atoms with E-state index in [0.29, 0.717) is 15.8 Å². The van der Waals surface area contributed by atoms with Crippen LogP contribution in [0, 0.1) is 6.92 Å². The number of hydrogen-bond donors (Lipinski definition) is 0. The van der Waals surface area contributed by atoms with Gasteiger partial charge in [-0.1, -0.05) is 85.2 Å². The molecule has 2 aliphatic rings. The van der Waals surface area contributed by atoms with E-state index in [-0.39, 0.29) is 11.9 Å². The van der Waals surface area contributed by atoms with Crippen molar-refractivity contribution in [3.63, 3.8) is 0 Å². The minimum Gasteiger partial charge on any atom is -0.489 e. The van der Waals surface area contributed by atoms with Crippen LogP contribution in [0.4, 0.5) is 0 Å². The van der Waals surface area contributed by atoms with Crippen LogP contribution in [0.25, 0.3) is 6.08 Å². The average Bonchev–Trinajstić information content (AvgIpc) is 3.01. The number of amides is 1. The van der Waals surface area contributed by atoms with Crippen LogP contribution in [0.3, 0.4) is 0 Å². The second-order valence-electron chi connectivity index (χ2n) is 7.69. The van der Waals surface area contributed by atoms with Crippen LogP contribution in [0.1, 0.15) is 48.8 Å². The summed E-state index contributed by atoms with van der Waals surface area (Å²) in [6.45, 7) is 2.60. The van der Waals surface area contributed by atoms with E-state index in [4.69, 9.17) is 17.0 Å². The van der Waals surface area contributed by atoms with E-state index < -0.39 is 0 Å². The van der Waals surface area contributed by atoms with Crippen LogP contribution >= 0.6 is 24.0 Å². The molecule has 0 N–H and O–H groups in total. The molecule has 1 saturated heterocycles. The summed E-state index contributed by atoms with van der Waals surface area (Å²) in [6, 6.07) is 16.5. The molecule has 2 fully saturated rings. The smallest absolute Gasteiger partial charge is 0.266 e. The van der Waals surface area contributed by atoms with Gasteiger partial charge in [0.05, 0.1) is 4.91 Å². The summed E-state index contributed by atoms with van der Waals surface area (Å²) < 4.78 is 6.64. The number of thiocarbonyl (C=S) groups is 1. The van der Waals surface area contributed by atoms with E-state index in [1.807, 2.05) is 35.2 Å². The largest absolute Gasteiger partial charge is 0.489 e. The third-order valence-corrected chi connectivity index (χ3v) is 6.78. The Morgan fingerprint density at radius 2 is 1.90 bits per heavy atom. The first-order valence-electron chi connectivity index (χ1n) is 10.2. The maximum atomic E-state index is 13.0. The Balaban J connectivity index is 1.45. The molecule has 29 heavy (non-hydrogen) atoms. The SMILES string of the molecule is Cc1ccc(COc2cccc(/C=C3\SC(=S)N(C4CCCCC4)C3=O)c2)cc1. The Morgan fingerprint density at radius 3 is 2.66 bits per heavy atom. The molecule has 1 amide bonds. The van der Waals surface area contributed by atoms with E-state index in [9.17, 15) is 4.79 Å². The average molecular weight is 424 g/mol. The van der Waals surface area contributed by atoms with Gasteiger partial charge in [-0.15, -0.1) is 0 Å². The number of aryl methyl sites for hydroxylation is 1. The zero-order chi connectivity index (χ0) is 20.2. The minimum absolute atomic E-state index is 0.0536. The highest BCUT2D eigenvalue weighted by Gasteiger charge is 2.37. The van der Waals surface area contributed by atoms with Gasteiger partial charge in [0.1, 0.15) is 16.7 Å². The first kappa shape index (κ1) is 20.2. The van der Waals surface area contributed by atoms with Crippen molar-refractivity contribution >= 4 is 40.3 Å². The quantitative estimate of drug-likeness (QED) is 0.429. The molecule has 0 unspecified atom stereocenters. The highest BCUT2D eigenvalue weighted by atomic mass is 32.2. The summed E-state index contributed by atoms with van der Waals surface area (Å²) in [5.74, 6) is 0.847. The Morgan fingerprint density at radius 1 is 1.14 bits per heavy atom. The maximum absolute atomic E-state index is 13.0. The molecule has 1 heterocycles. The fourth-order valence-corrected chi connectivity index (χ4v) is 5.23. The van der Waals surface area contributed by atoms with Crippen molar-refractivity contribution in [3.05, 3.63) is 70.1 Å². The van der Waals surface area contributed by atoms with Gasteiger partial charge in [-0.2, -0.15) is 0 Å². The number of carbonyl (C=O) groups is 1. The van der Waals surface area contributed by atoms with Gasteiger partial charge in [0.15, 0.2) is 0 Å². The molecule has 1 aliphatic carbocycles. The molecule has 4 rings (SSSR count). The van der Waals surface area contributed by atoms with Crippen molar-refractivity contribution in [2.24, 2.45) is 0 Å².